The van der Waals surface area contributed by atoms with Gasteiger partial charge in [0.1, 0.15) is 6.04 Å². The lowest BCUT2D eigenvalue weighted by molar-refractivity contribution is -0.144. The molecule has 2 saturated heterocycles. The van der Waals surface area contributed by atoms with Gasteiger partial charge in [-0.05, 0) is 45.1 Å². The number of rotatable bonds is 4. The second kappa shape index (κ2) is 7.99. The number of nitrogens with zero attached hydrogens (tertiary/aromatic N) is 2. The monoisotopic (exact) mass is 317 g/mol. The zero-order valence-electron chi connectivity index (χ0n) is 13.1. The number of carbonyl (C=O) groups excluding carboxylic acids is 2. The zero-order chi connectivity index (χ0) is 14.7. The van der Waals surface area contributed by atoms with Gasteiger partial charge in [0.2, 0.25) is 11.8 Å². The Morgan fingerprint density at radius 2 is 2.00 bits per heavy atom. The van der Waals surface area contributed by atoms with E-state index in [0.717, 1.165) is 38.8 Å². The Labute approximate surface area is 133 Å². The largest absolute Gasteiger partial charge is 0.338 e. The van der Waals surface area contributed by atoms with E-state index in [0.29, 0.717) is 18.9 Å². The third kappa shape index (κ3) is 3.89. The van der Waals surface area contributed by atoms with Crippen molar-refractivity contribution in [1.82, 2.24) is 9.80 Å². The molecule has 122 valence electrons. The summed E-state index contributed by atoms with van der Waals surface area (Å²) < 4.78 is 0. The summed E-state index contributed by atoms with van der Waals surface area (Å²) in [6.45, 7) is 6.21. The minimum atomic E-state index is -0.229. The molecule has 0 bridgehead atoms. The molecule has 5 nitrogen and oxygen atoms in total. The molecule has 3 atom stereocenters. The minimum absolute atomic E-state index is 0. The van der Waals surface area contributed by atoms with Crippen molar-refractivity contribution in [3.05, 3.63) is 0 Å². The first-order valence-electron chi connectivity index (χ1n) is 7.88. The van der Waals surface area contributed by atoms with Gasteiger partial charge in [-0.15, -0.1) is 12.4 Å². The number of likely N-dealkylation sites (tertiary alicyclic amines) is 2. The molecule has 0 spiro atoms. The third-order valence-electron chi connectivity index (χ3n) is 4.60. The Morgan fingerprint density at radius 3 is 2.57 bits per heavy atom. The molecule has 6 heteroatoms. The smallest absolute Gasteiger partial charge is 0.245 e. The Bertz CT molecular complexity index is 378. The second-order valence-corrected chi connectivity index (χ2v) is 6.17. The average Bonchev–Trinajstić information content (AvgIpc) is 3.04. The molecule has 0 aliphatic carbocycles. The molecule has 2 aliphatic rings. The van der Waals surface area contributed by atoms with Gasteiger partial charge in [0, 0.05) is 25.6 Å². The number of halogens is 1. The standard InChI is InChI=1S/C15H27N3O2.ClH/c1-3-5-14(19)17-7-4-6-13(17)15(20)18-10-12(9-16)8-11(18)2;/h11-13H,3-10,16H2,1-2H3;1H. The maximum atomic E-state index is 12.7. The molecule has 0 aromatic heterocycles. The van der Waals surface area contributed by atoms with Crippen molar-refractivity contribution in [2.45, 2.75) is 58.0 Å². The van der Waals surface area contributed by atoms with Crippen molar-refractivity contribution < 1.29 is 9.59 Å². The SMILES string of the molecule is CCCC(=O)N1CCCC1C(=O)N1CC(CN)CC1C.Cl. The molecule has 2 rings (SSSR count). The van der Waals surface area contributed by atoms with Crippen LogP contribution in [0.1, 0.15) is 46.0 Å². The molecule has 2 fully saturated rings. The number of amides is 2. The molecular formula is C15H28ClN3O2. The molecular weight excluding hydrogens is 290 g/mol. The van der Waals surface area contributed by atoms with E-state index in [1.54, 1.807) is 4.90 Å². The molecule has 2 N–H and O–H groups in total. The first-order valence-corrected chi connectivity index (χ1v) is 7.88. The first kappa shape index (κ1) is 18.2. The Hall–Kier alpha value is -0.810. The zero-order valence-corrected chi connectivity index (χ0v) is 13.9. The average molecular weight is 318 g/mol. The maximum Gasteiger partial charge on any atom is 0.245 e. The number of hydrogen-bond acceptors (Lipinski definition) is 3. The van der Waals surface area contributed by atoms with Crippen LogP contribution in [0, 0.1) is 5.92 Å². The van der Waals surface area contributed by atoms with E-state index in [1.807, 2.05) is 11.8 Å². The lowest BCUT2D eigenvalue weighted by atomic mass is 10.1. The molecule has 0 aromatic carbocycles. The van der Waals surface area contributed by atoms with Gasteiger partial charge >= 0.3 is 0 Å². The lowest BCUT2D eigenvalue weighted by Crippen LogP contribution is -2.48. The fourth-order valence-corrected chi connectivity index (χ4v) is 3.49. The predicted octanol–water partition coefficient (Wildman–Crippen LogP) is 1.40. The highest BCUT2D eigenvalue weighted by Gasteiger charge is 2.40. The van der Waals surface area contributed by atoms with Crippen LogP contribution >= 0.6 is 12.4 Å². The number of nitrogens with two attached hydrogens (primary N) is 1. The van der Waals surface area contributed by atoms with Gasteiger partial charge in [0.15, 0.2) is 0 Å². The summed E-state index contributed by atoms with van der Waals surface area (Å²) >= 11 is 0. The summed E-state index contributed by atoms with van der Waals surface area (Å²) in [5.41, 5.74) is 5.72. The summed E-state index contributed by atoms with van der Waals surface area (Å²) in [5, 5.41) is 0. The van der Waals surface area contributed by atoms with Crippen LogP contribution in [0.4, 0.5) is 0 Å². The number of carbonyl (C=O) groups is 2. The van der Waals surface area contributed by atoms with E-state index in [2.05, 4.69) is 6.92 Å². The third-order valence-corrected chi connectivity index (χ3v) is 4.60. The van der Waals surface area contributed by atoms with Crippen molar-refractivity contribution in [3.63, 3.8) is 0 Å². The van der Waals surface area contributed by atoms with Gasteiger partial charge in [0.25, 0.3) is 0 Å². The van der Waals surface area contributed by atoms with Crippen LogP contribution in [0.5, 0.6) is 0 Å². The summed E-state index contributed by atoms with van der Waals surface area (Å²) in [4.78, 5) is 28.6. The second-order valence-electron chi connectivity index (χ2n) is 6.17. The Balaban J connectivity index is 0.00000220. The highest BCUT2D eigenvalue weighted by Crippen LogP contribution is 2.27. The van der Waals surface area contributed by atoms with E-state index >= 15 is 0 Å². The molecule has 21 heavy (non-hydrogen) atoms. The molecule has 2 heterocycles. The van der Waals surface area contributed by atoms with Crippen molar-refractivity contribution in [3.8, 4) is 0 Å². The van der Waals surface area contributed by atoms with E-state index in [4.69, 9.17) is 5.73 Å². The topological polar surface area (TPSA) is 66.6 Å². The molecule has 0 saturated carbocycles. The minimum Gasteiger partial charge on any atom is -0.338 e. The van der Waals surface area contributed by atoms with Crippen LogP contribution in [-0.4, -0.2) is 53.3 Å². The van der Waals surface area contributed by atoms with E-state index in [9.17, 15) is 9.59 Å². The summed E-state index contributed by atoms with van der Waals surface area (Å²) in [6.07, 6.45) is 4.12. The van der Waals surface area contributed by atoms with Gasteiger partial charge in [0.05, 0.1) is 0 Å². The van der Waals surface area contributed by atoms with Gasteiger partial charge in [-0.25, -0.2) is 0 Å². The fraction of sp³-hybridized carbons (Fsp3) is 0.867. The lowest BCUT2D eigenvalue weighted by Gasteiger charge is -2.30. The normalized spacial score (nSPS) is 28.6. The first-order chi connectivity index (χ1) is 9.58. The van der Waals surface area contributed by atoms with Crippen LogP contribution in [0.25, 0.3) is 0 Å². The Morgan fingerprint density at radius 1 is 1.29 bits per heavy atom. The fourth-order valence-electron chi connectivity index (χ4n) is 3.49. The maximum absolute atomic E-state index is 12.7. The quantitative estimate of drug-likeness (QED) is 0.852. The van der Waals surface area contributed by atoms with Crippen molar-refractivity contribution in [1.29, 1.82) is 0 Å². The Kier molecular flexibility index (Phi) is 6.94. The van der Waals surface area contributed by atoms with E-state index in [-0.39, 0.29) is 36.3 Å². The van der Waals surface area contributed by atoms with E-state index < -0.39 is 0 Å². The van der Waals surface area contributed by atoms with Crippen LogP contribution in [0.2, 0.25) is 0 Å². The highest BCUT2D eigenvalue weighted by molar-refractivity contribution is 5.88. The molecule has 2 amide bonds. The van der Waals surface area contributed by atoms with Crippen LogP contribution in [0.15, 0.2) is 0 Å². The van der Waals surface area contributed by atoms with Gasteiger partial charge in [-0.1, -0.05) is 6.92 Å². The van der Waals surface area contributed by atoms with Crippen molar-refractivity contribution in [2.24, 2.45) is 11.7 Å². The van der Waals surface area contributed by atoms with Gasteiger partial charge in [-0.2, -0.15) is 0 Å². The van der Waals surface area contributed by atoms with Crippen LogP contribution < -0.4 is 5.73 Å². The predicted molar refractivity (Wildman–Crippen MR) is 85.2 cm³/mol. The molecule has 2 aliphatic heterocycles. The molecule has 0 radical (unpaired) electrons. The van der Waals surface area contributed by atoms with Gasteiger partial charge in [-0.3, -0.25) is 9.59 Å². The summed E-state index contributed by atoms with van der Waals surface area (Å²) in [7, 11) is 0. The summed E-state index contributed by atoms with van der Waals surface area (Å²) in [5.74, 6) is 0.677. The van der Waals surface area contributed by atoms with Crippen LogP contribution in [0.3, 0.4) is 0 Å². The van der Waals surface area contributed by atoms with Crippen LogP contribution in [-0.2, 0) is 9.59 Å². The van der Waals surface area contributed by atoms with Gasteiger partial charge < -0.3 is 15.5 Å². The molecule has 3 unspecified atom stereocenters. The highest BCUT2D eigenvalue weighted by atomic mass is 35.5. The van der Waals surface area contributed by atoms with Crippen molar-refractivity contribution in [2.75, 3.05) is 19.6 Å². The number of hydrogen-bond donors (Lipinski definition) is 1. The van der Waals surface area contributed by atoms with Crippen molar-refractivity contribution >= 4 is 24.2 Å². The summed E-state index contributed by atoms with van der Waals surface area (Å²) in [6, 6.07) is 0.0211. The van der Waals surface area contributed by atoms with E-state index in [1.165, 1.54) is 0 Å². The molecule has 0 aromatic rings.